The van der Waals surface area contributed by atoms with Gasteiger partial charge in [-0.25, -0.2) is 4.79 Å². The average Bonchev–Trinajstić information content (AvgIpc) is 3.01. The molecule has 2 aromatic carbocycles. The van der Waals surface area contributed by atoms with Crippen LogP contribution in [0.3, 0.4) is 0 Å². The Morgan fingerprint density at radius 3 is 2.09 bits per heavy atom. The van der Waals surface area contributed by atoms with Gasteiger partial charge in [-0.1, -0.05) is 60.7 Å². The molecule has 1 aliphatic rings. The molecule has 1 saturated heterocycles. The molecule has 0 aromatic heterocycles. The summed E-state index contributed by atoms with van der Waals surface area (Å²) >= 11 is 0. The Morgan fingerprint density at radius 2 is 1.59 bits per heavy atom. The summed E-state index contributed by atoms with van der Waals surface area (Å²) in [5.41, 5.74) is 1.13. The summed E-state index contributed by atoms with van der Waals surface area (Å²) in [5, 5.41) is 24.6. The zero-order valence-corrected chi connectivity index (χ0v) is 19.1. The molecule has 0 radical (unpaired) electrons. The van der Waals surface area contributed by atoms with E-state index in [0.29, 0.717) is 13.0 Å². The summed E-state index contributed by atoms with van der Waals surface area (Å²) in [6.07, 6.45) is -2.34. The van der Waals surface area contributed by atoms with Crippen molar-refractivity contribution in [3.8, 4) is 0 Å². The molecule has 7 nitrogen and oxygen atoms in total. The Bertz CT molecular complexity index is 914. The number of carbonyl (C=O) groups excluding carboxylic acids is 1. The standard InChI is InChI=1S/C25H33N3O4/c1-17-26-21(23(30)27(17)16-19-13-9-6-10-14-19)22(29)20(15-18-11-7-5-8-12-18)28(24(31)32)25(2,3)4/h5-14,17,20-22,26,29H,15-16H2,1-4H3,(H,31,32)/t17?,20-,21?,22?/m0/s1. The van der Waals surface area contributed by atoms with Crippen LogP contribution in [0.4, 0.5) is 4.79 Å². The number of carbonyl (C=O) groups is 2. The van der Waals surface area contributed by atoms with Crippen LogP contribution in [0.5, 0.6) is 0 Å². The first-order chi connectivity index (χ1) is 15.1. The van der Waals surface area contributed by atoms with Gasteiger partial charge in [-0.05, 0) is 45.2 Å². The van der Waals surface area contributed by atoms with Gasteiger partial charge in [0.1, 0.15) is 6.04 Å². The van der Waals surface area contributed by atoms with Crippen molar-refractivity contribution >= 4 is 12.0 Å². The number of aliphatic hydroxyl groups is 1. The largest absolute Gasteiger partial charge is 0.465 e. The molecule has 2 aromatic rings. The molecule has 3 N–H and O–H groups in total. The highest BCUT2D eigenvalue weighted by Gasteiger charge is 2.47. The lowest BCUT2D eigenvalue weighted by atomic mass is 9.91. The fourth-order valence-corrected chi connectivity index (χ4v) is 4.40. The first-order valence-electron chi connectivity index (χ1n) is 10.9. The second-order valence-corrected chi connectivity index (χ2v) is 9.34. The van der Waals surface area contributed by atoms with Crippen molar-refractivity contribution in [2.75, 3.05) is 0 Å². The monoisotopic (exact) mass is 439 g/mol. The third-order valence-electron chi connectivity index (χ3n) is 5.92. The normalized spacial score (nSPS) is 20.8. The van der Waals surface area contributed by atoms with Gasteiger partial charge in [0.15, 0.2) is 0 Å². The number of benzene rings is 2. The SMILES string of the molecule is CC1NC(C(O)[C@H](Cc2ccccc2)N(C(=O)O)C(C)(C)C)C(=O)N1Cc1ccccc1. The van der Waals surface area contributed by atoms with E-state index in [1.807, 2.05) is 67.6 Å². The Balaban J connectivity index is 1.88. The number of aliphatic hydroxyl groups excluding tert-OH is 1. The van der Waals surface area contributed by atoms with Crippen LogP contribution < -0.4 is 5.32 Å². The van der Waals surface area contributed by atoms with Crippen molar-refractivity contribution in [3.05, 3.63) is 71.8 Å². The van der Waals surface area contributed by atoms with Crippen LogP contribution in [-0.2, 0) is 17.8 Å². The number of amides is 2. The van der Waals surface area contributed by atoms with Crippen molar-refractivity contribution in [1.82, 2.24) is 15.1 Å². The lowest BCUT2D eigenvalue weighted by molar-refractivity contribution is -0.133. The summed E-state index contributed by atoms with van der Waals surface area (Å²) in [4.78, 5) is 28.5. The van der Waals surface area contributed by atoms with E-state index >= 15 is 0 Å². The van der Waals surface area contributed by atoms with E-state index in [4.69, 9.17) is 0 Å². The van der Waals surface area contributed by atoms with E-state index < -0.39 is 29.8 Å². The summed E-state index contributed by atoms with van der Waals surface area (Å²) < 4.78 is 0. The third-order valence-corrected chi connectivity index (χ3v) is 5.92. The lowest BCUT2D eigenvalue weighted by Gasteiger charge is -2.42. The fraction of sp³-hybridized carbons (Fsp3) is 0.440. The highest BCUT2D eigenvalue weighted by atomic mass is 16.4. The first-order valence-corrected chi connectivity index (χ1v) is 10.9. The highest BCUT2D eigenvalue weighted by molar-refractivity contribution is 5.85. The predicted octanol–water partition coefficient (Wildman–Crippen LogP) is 3.08. The smallest absolute Gasteiger partial charge is 0.408 e. The molecule has 4 atom stereocenters. The maximum absolute atomic E-state index is 13.3. The van der Waals surface area contributed by atoms with E-state index in [0.717, 1.165) is 11.1 Å². The van der Waals surface area contributed by atoms with Gasteiger partial charge in [-0.2, -0.15) is 0 Å². The minimum Gasteiger partial charge on any atom is -0.465 e. The number of nitrogens with zero attached hydrogens (tertiary/aromatic N) is 2. The van der Waals surface area contributed by atoms with E-state index in [1.165, 1.54) is 4.90 Å². The Morgan fingerprint density at radius 1 is 1.06 bits per heavy atom. The molecule has 0 bridgehead atoms. The summed E-state index contributed by atoms with van der Waals surface area (Å²) in [7, 11) is 0. The number of nitrogens with one attached hydrogen (secondary N) is 1. The van der Waals surface area contributed by atoms with Crippen LogP contribution in [0.2, 0.25) is 0 Å². The molecule has 1 fully saturated rings. The van der Waals surface area contributed by atoms with Crippen molar-refractivity contribution in [2.24, 2.45) is 0 Å². The maximum atomic E-state index is 13.3. The van der Waals surface area contributed by atoms with Crippen molar-refractivity contribution in [2.45, 2.75) is 70.6 Å². The third kappa shape index (κ3) is 5.29. The van der Waals surface area contributed by atoms with E-state index in [1.54, 1.807) is 25.7 Å². The van der Waals surface area contributed by atoms with Crippen LogP contribution >= 0.6 is 0 Å². The molecule has 1 aliphatic heterocycles. The molecule has 1 heterocycles. The van der Waals surface area contributed by atoms with E-state index in [-0.39, 0.29) is 12.1 Å². The van der Waals surface area contributed by atoms with Crippen molar-refractivity contribution < 1.29 is 19.8 Å². The van der Waals surface area contributed by atoms with Gasteiger partial charge < -0.3 is 15.1 Å². The predicted molar refractivity (Wildman–Crippen MR) is 123 cm³/mol. The molecule has 3 rings (SSSR count). The topological polar surface area (TPSA) is 93.1 Å². The minimum absolute atomic E-state index is 0.230. The summed E-state index contributed by atoms with van der Waals surface area (Å²) in [5.74, 6) is -0.230. The fourth-order valence-electron chi connectivity index (χ4n) is 4.40. The Hall–Kier alpha value is -2.90. The quantitative estimate of drug-likeness (QED) is 0.617. The molecule has 0 saturated carbocycles. The van der Waals surface area contributed by atoms with Gasteiger partial charge >= 0.3 is 6.09 Å². The molecule has 3 unspecified atom stereocenters. The summed E-state index contributed by atoms with van der Waals surface area (Å²) in [6.45, 7) is 7.67. The van der Waals surface area contributed by atoms with Gasteiger partial charge in [0, 0.05) is 12.1 Å². The highest BCUT2D eigenvalue weighted by Crippen LogP contribution is 2.27. The molecule has 172 valence electrons. The van der Waals surface area contributed by atoms with Crippen LogP contribution in [0.15, 0.2) is 60.7 Å². The maximum Gasteiger partial charge on any atom is 0.408 e. The first kappa shape index (κ1) is 23.8. The zero-order chi connectivity index (χ0) is 23.5. The van der Waals surface area contributed by atoms with Crippen LogP contribution in [0.25, 0.3) is 0 Å². The second kappa shape index (κ2) is 9.71. The van der Waals surface area contributed by atoms with Crippen LogP contribution in [-0.4, -0.2) is 61.9 Å². The number of hydrogen-bond donors (Lipinski definition) is 3. The molecule has 2 amide bonds. The van der Waals surface area contributed by atoms with E-state index in [2.05, 4.69) is 5.32 Å². The molecule has 32 heavy (non-hydrogen) atoms. The van der Waals surface area contributed by atoms with Crippen LogP contribution in [0, 0.1) is 0 Å². The van der Waals surface area contributed by atoms with Gasteiger partial charge in [0.25, 0.3) is 0 Å². The molecule has 7 heteroatoms. The number of carboxylic acid groups (broad SMARTS) is 1. The van der Waals surface area contributed by atoms with Crippen molar-refractivity contribution in [3.63, 3.8) is 0 Å². The molecular weight excluding hydrogens is 406 g/mol. The Labute approximate surface area is 189 Å². The lowest BCUT2D eigenvalue weighted by Crippen LogP contribution is -2.61. The molecule has 0 spiro atoms. The summed E-state index contributed by atoms with van der Waals surface area (Å²) in [6, 6.07) is 17.4. The second-order valence-electron chi connectivity index (χ2n) is 9.34. The van der Waals surface area contributed by atoms with Gasteiger partial charge in [0.05, 0.1) is 18.3 Å². The Kier molecular flexibility index (Phi) is 7.21. The van der Waals surface area contributed by atoms with Gasteiger partial charge in [-0.15, -0.1) is 0 Å². The minimum atomic E-state index is -1.22. The van der Waals surface area contributed by atoms with Gasteiger partial charge in [-0.3, -0.25) is 15.0 Å². The number of rotatable bonds is 7. The molecular formula is C25H33N3O4. The average molecular weight is 440 g/mol. The van der Waals surface area contributed by atoms with E-state index in [9.17, 15) is 19.8 Å². The zero-order valence-electron chi connectivity index (χ0n) is 19.1. The number of hydrogen-bond acceptors (Lipinski definition) is 4. The molecule has 0 aliphatic carbocycles. The van der Waals surface area contributed by atoms with Gasteiger partial charge in [0.2, 0.25) is 5.91 Å². The van der Waals surface area contributed by atoms with Crippen molar-refractivity contribution in [1.29, 1.82) is 0 Å². The van der Waals surface area contributed by atoms with Crippen LogP contribution in [0.1, 0.15) is 38.8 Å².